The van der Waals surface area contributed by atoms with Crippen LogP contribution in [0.5, 0.6) is 11.5 Å². The third kappa shape index (κ3) is 4.82. The number of methoxy groups -OCH3 is 1. The number of nitrogens with one attached hydrogen (secondary N) is 1. The summed E-state index contributed by atoms with van der Waals surface area (Å²) in [6.07, 6.45) is 1.43. The Hall–Kier alpha value is -2.57. The Morgan fingerprint density at radius 1 is 0.964 bits per heavy atom. The number of sulfonamides is 1. The highest BCUT2D eigenvalue weighted by molar-refractivity contribution is 7.89. The van der Waals surface area contributed by atoms with Crippen LogP contribution < -0.4 is 14.2 Å². The van der Waals surface area contributed by atoms with Crippen LogP contribution in [0.2, 0.25) is 0 Å². The Balaban J connectivity index is 1.63. The molecule has 0 aromatic heterocycles. The van der Waals surface area contributed by atoms with Crippen LogP contribution in [-0.2, 0) is 16.4 Å². The standard InChI is InChI=1S/C22H25NO4S/c1-3-27-22-9-5-4-7-17(22)8-6-14-23-28(24,25)21-13-11-18-15-20(26-2)12-10-19(18)16-21/h4-5,7,9-13,15-16,23H,3,6,8,14H2,1-2H3. The van der Waals surface area contributed by atoms with Gasteiger partial charge in [-0.25, -0.2) is 13.1 Å². The smallest absolute Gasteiger partial charge is 0.240 e. The quantitative estimate of drug-likeness (QED) is 0.549. The zero-order chi connectivity index (χ0) is 20.0. The highest BCUT2D eigenvalue weighted by Gasteiger charge is 2.14. The molecule has 0 bridgehead atoms. The summed E-state index contributed by atoms with van der Waals surface area (Å²) in [6.45, 7) is 2.92. The van der Waals surface area contributed by atoms with Crippen molar-refractivity contribution in [2.75, 3.05) is 20.3 Å². The monoisotopic (exact) mass is 399 g/mol. The van der Waals surface area contributed by atoms with Crippen molar-refractivity contribution in [1.82, 2.24) is 4.72 Å². The topological polar surface area (TPSA) is 64.6 Å². The SMILES string of the molecule is CCOc1ccccc1CCCNS(=O)(=O)c1ccc2cc(OC)ccc2c1. The number of benzene rings is 3. The van der Waals surface area contributed by atoms with E-state index in [1.807, 2.05) is 49.4 Å². The Morgan fingerprint density at radius 3 is 2.50 bits per heavy atom. The van der Waals surface area contributed by atoms with E-state index in [4.69, 9.17) is 9.47 Å². The Labute approximate surface area is 166 Å². The van der Waals surface area contributed by atoms with Crippen molar-refractivity contribution in [3.05, 3.63) is 66.2 Å². The molecule has 0 heterocycles. The Morgan fingerprint density at radius 2 is 1.71 bits per heavy atom. The average molecular weight is 400 g/mol. The number of hydrogen-bond donors (Lipinski definition) is 1. The summed E-state index contributed by atoms with van der Waals surface area (Å²) < 4.78 is 38.7. The molecule has 6 heteroatoms. The summed E-state index contributed by atoms with van der Waals surface area (Å²) in [6, 6.07) is 18.5. The molecule has 1 N–H and O–H groups in total. The highest BCUT2D eigenvalue weighted by atomic mass is 32.2. The number of ether oxygens (including phenoxy) is 2. The molecule has 148 valence electrons. The Kier molecular flexibility index (Phi) is 6.54. The molecule has 0 saturated carbocycles. The van der Waals surface area contributed by atoms with Crippen LogP contribution in [0.4, 0.5) is 0 Å². The molecule has 0 saturated heterocycles. The maximum atomic E-state index is 12.6. The lowest BCUT2D eigenvalue weighted by Crippen LogP contribution is -2.25. The van der Waals surface area contributed by atoms with Gasteiger partial charge in [0.1, 0.15) is 11.5 Å². The molecule has 3 aromatic carbocycles. The van der Waals surface area contributed by atoms with Gasteiger partial charge < -0.3 is 9.47 Å². The van der Waals surface area contributed by atoms with Gasteiger partial charge in [0, 0.05) is 6.54 Å². The highest BCUT2D eigenvalue weighted by Crippen LogP contribution is 2.24. The molecule has 0 unspecified atom stereocenters. The zero-order valence-electron chi connectivity index (χ0n) is 16.1. The number of hydrogen-bond acceptors (Lipinski definition) is 4. The lowest BCUT2D eigenvalue weighted by Gasteiger charge is -2.11. The largest absolute Gasteiger partial charge is 0.497 e. The van der Waals surface area contributed by atoms with E-state index < -0.39 is 10.0 Å². The molecule has 5 nitrogen and oxygen atoms in total. The van der Waals surface area contributed by atoms with E-state index in [1.54, 1.807) is 25.3 Å². The van der Waals surface area contributed by atoms with Crippen molar-refractivity contribution >= 4 is 20.8 Å². The number of aryl methyl sites for hydroxylation is 1. The molecule has 3 rings (SSSR count). The molecule has 0 amide bonds. The summed E-state index contributed by atoms with van der Waals surface area (Å²) in [5, 5.41) is 1.79. The molecule has 0 fully saturated rings. The first-order chi connectivity index (χ1) is 13.5. The first-order valence-corrected chi connectivity index (χ1v) is 10.8. The molecule has 3 aromatic rings. The fourth-order valence-electron chi connectivity index (χ4n) is 3.07. The number of rotatable bonds is 9. The average Bonchev–Trinajstić information content (AvgIpc) is 2.71. The van der Waals surface area contributed by atoms with Crippen LogP contribution in [0, 0.1) is 0 Å². The van der Waals surface area contributed by atoms with Gasteiger partial charge in [0.2, 0.25) is 10.0 Å². The fourth-order valence-corrected chi connectivity index (χ4v) is 4.18. The first-order valence-electron chi connectivity index (χ1n) is 9.31. The van der Waals surface area contributed by atoms with Crippen LogP contribution >= 0.6 is 0 Å². The van der Waals surface area contributed by atoms with E-state index >= 15 is 0 Å². The van der Waals surface area contributed by atoms with Gasteiger partial charge in [-0.15, -0.1) is 0 Å². The minimum absolute atomic E-state index is 0.264. The molecular weight excluding hydrogens is 374 g/mol. The molecule has 0 radical (unpaired) electrons. The summed E-state index contributed by atoms with van der Waals surface area (Å²) in [4.78, 5) is 0.264. The summed E-state index contributed by atoms with van der Waals surface area (Å²) in [5.41, 5.74) is 1.09. The molecule has 0 aliphatic rings. The first kappa shape index (κ1) is 20.2. The van der Waals surface area contributed by atoms with Crippen molar-refractivity contribution < 1.29 is 17.9 Å². The van der Waals surface area contributed by atoms with Crippen molar-refractivity contribution in [2.24, 2.45) is 0 Å². The predicted octanol–water partition coefficient (Wildman–Crippen LogP) is 4.16. The van der Waals surface area contributed by atoms with Crippen LogP contribution in [0.3, 0.4) is 0 Å². The van der Waals surface area contributed by atoms with Crippen molar-refractivity contribution in [1.29, 1.82) is 0 Å². The second kappa shape index (κ2) is 9.08. The van der Waals surface area contributed by atoms with Crippen LogP contribution in [-0.4, -0.2) is 28.7 Å². The molecule has 0 aliphatic carbocycles. The van der Waals surface area contributed by atoms with Gasteiger partial charge in [-0.2, -0.15) is 0 Å². The maximum absolute atomic E-state index is 12.6. The van der Waals surface area contributed by atoms with E-state index in [9.17, 15) is 8.42 Å². The van der Waals surface area contributed by atoms with Crippen LogP contribution in [0.25, 0.3) is 10.8 Å². The van der Waals surface area contributed by atoms with Gasteiger partial charge in [0.15, 0.2) is 0 Å². The fraction of sp³-hybridized carbons (Fsp3) is 0.273. The van der Waals surface area contributed by atoms with Gasteiger partial charge >= 0.3 is 0 Å². The summed E-state index contributed by atoms with van der Waals surface area (Å²) in [7, 11) is -1.95. The van der Waals surface area contributed by atoms with Gasteiger partial charge in [-0.1, -0.05) is 30.3 Å². The molecule has 0 spiro atoms. The summed E-state index contributed by atoms with van der Waals surface area (Å²) >= 11 is 0. The molecule has 0 atom stereocenters. The molecular formula is C22H25NO4S. The van der Waals surface area contributed by atoms with E-state index in [2.05, 4.69) is 4.72 Å². The van der Waals surface area contributed by atoms with Gasteiger partial charge in [0.25, 0.3) is 0 Å². The minimum atomic E-state index is -3.55. The third-order valence-electron chi connectivity index (χ3n) is 4.52. The zero-order valence-corrected chi connectivity index (χ0v) is 17.0. The molecule has 28 heavy (non-hydrogen) atoms. The third-order valence-corrected chi connectivity index (χ3v) is 5.98. The van der Waals surface area contributed by atoms with Crippen LogP contribution in [0.15, 0.2) is 65.6 Å². The second-order valence-corrected chi connectivity index (χ2v) is 8.18. The van der Waals surface area contributed by atoms with Crippen molar-refractivity contribution in [3.8, 4) is 11.5 Å². The van der Waals surface area contributed by atoms with Gasteiger partial charge in [-0.05, 0) is 66.4 Å². The predicted molar refractivity (Wildman–Crippen MR) is 112 cm³/mol. The van der Waals surface area contributed by atoms with E-state index in [-0.39, 0.29) is 4.90 Å². The lowest BCUT2D eigenvalue weighted by molar-refractivity contribution is 0.336. The lowest BCUT2D eigenvalue weighted by atomic mass is 10.1. The minimum Gasteiger partial charge on any atom is -0.497 e. The van der Waals surface area contributed by atoms with Crippen LogP contribution in [0.1, 0.15) is 18.9 Å². The maximum Gasteiger partial charge on any atom is 0.240 e. The molecule has 0 aliphatic heterocycles. The van der Waals surface area contributed by atoms with Gasteiger partial charge in [-0.3, -0.25) is 0 Å². The number of fused-ring (bicyclic) bond motifs is 1. The van der Waals surface area contributed by atoms with Crippen molar-refractivity contribution in [2.45, 2.75) is 24.7 Å². The van der Waals surface area contributed by atoms with E-state index in [1.165, 1.54) is 0 Å². The summed E-state index contributed by atoms with van der Waals surface area (Å²) in [5.74, 6) is 1.60. The van der Waals surface area contributed by atoms with Crippen molar-refractivity contribution in [3.63, 3.8) is 0 Å². The number of para-hydroxylation sites is 1. The van der Waals surface area contributed by atoms with Gasteiger partial charge in [0.05, 0.1) is 18.6 Å². The normalized spacial score (nSPS) is 11.5. The van der Waals surface area contributed by atoms with E-state index in [0.29, 0.717) is 19.6 Å². The van der Waals surface area contributed by atoms with E-state index in [0.717, 1.165) is 34.3 Å². The Bertz CT molecular complexity index is 1050. The second-order valence-electron chi connectivity index (χ2n) is 6.42.